The van der Waals surface area contributed by atoms with Crippen molar-refractivity contribution in [2.75, 3.05) is 20.1 Å². The first-order valence-electron chi connectivity index (χ1n) is 7.73. The second-order valence-electron chi connectivity index (χ2n) is 6.27. The molecule has 1 saturated carbocycles. The van der Waals surface area contributed by atoms with Crippen LogP contribution in [0.2, 0.25) is 0 Å². The molecule has 1 aliphatic heterocycles. The van der Waals surface area contributed by atoms with E-state index < -0.39 is 0 Å². The molecular formula is C15H28N2O2. The standard InChI is InChI=1S/C15H28N2O2/c1-3-4-12-5-8-15(11-16,9-6-12)19-13-7-10-17(2)14(13)18/h12-13H,3-11,16H2,1-2H3. The normalized spacial score (nSPS) is 35.9. The van der Waals surface area contributed by atoms with Gasteiger partial charge in [0.1, 0.15) is 6.10 Å². The Hall–Kier alpha value is -0.610. The number of amides is 1. The molecule has 0 aromatic carbocycles. The average molecular weight is 268 g/mol. The van der Waals surface area contributed by atoms with Crippen LogP contribution in [0.25, 0.3) is 0 Å². The SMILES string of the molecule is CCCC1CCC(CN)(OC2CCN(C)C2=O)CC1. The van der Waals surface area contributed by atoms with Gasteiger partial charge in [0.2, 0.25) is 0 Å². The third kappa shape index (κ3) is 3.29. The second-order valence-corrected chi connectivity index (χ2v) is 6.27. The molecule has 4 heteroatoms. The lowest BCUT2D eigenvalue weighted by Gasteiger charge is -2.40. The Morgan fingerprint density at radius 2 is 2.05 bits per heavy atom. The summed E-state index contributed by atoms with van der Waals surface area (Å²) in [5, 5.41) is 0. The molecule has 0 aromatic heterocycles. The van der Waals surface area contributed by atoms with Gasteiger partial charge in [0.25, 0.3) is 5.91 Å². The monoisotopic (exact) mass is 268 g/mol. The molecule has 1 atom stereocenters. The lowest BCUT2D eigenvalue weighted by Crippen LogP contribution is -2.47. The van der Waals surface area contributed by atoms with Gasteiger partial charge in [-0.15, -0.1) is 0 Å². The van der Waals surface area contributed by atoms with E-state index in [4.69, 9.17) is 10.5 Å². The molecule has 2 fully saturated rings. The summed E-state index contributed by atoms with van der Waals surface area (Å²) in [6.45, 7) is 3.59. The van der Waals surface area contributed by atoms with Crippen LogP contribution in [-0.2, 0) is 9.53 Å². The van der Waals surface area contributed by atoms with Gasteiger partial charge in [-0.2, -0.15) is 0 Å². The molecule has 0 radical (unpaired) electrons. The largest absolute Gasteiger partial charge is 0.361 e. The van der Waals surface area contributed by atoms with Crippen LogP contribution < -0.4 is 5.73 Å². The molecule has 110 valence electrons. The van der Waals surface area contributed by atoms with E-state index >= 15 is 0 Å². The Balaban J connectivity index is 1.91. The molecule has 0 bridgehead atoms. The molecule has 1 amide bonds. The molecule has 19 heavy (non-hydrogen) atoms. The molecule has 1 saturated heterocycles. The van der Waals surface area contributed by atoms with E-state index in [2.05, 4.69) is 6.92 Å². The summed E-state index contributed by atoms with van der Waals surface area (Å²) < 4.78 is 6.18. The van der Waals surface area contributed by atoms with Gasteiger partial charge >= 0.3 is 0 Å². The zero-order chi connectivity index (χ0) is 13.9. The average Bonchev–Trinajstić information content (AvgIpc) is 2.73. The lowest BCUT2D eigenvalue weighted by atomic mass is 9.77. The maximum absolute atomic E-state index is 12.0. The first kappa shape index (κ1) is 14.8. The highest BCUT2D eigenvalue weighted by Gasteiger charge is 2.41. The predicted molar refractivity (Wildman–Crippen MR) is 75.8 cm³/mol. The number of ether oxygens (including phenoxy) is 1. The molecule has 0 aromatic rings. The van der Waals surface area contributed by atoms with Crippen LogP contribution in [0.4, 0.5) is 0 Å². The zero-order valence-corrected chi connectivity index (χ0v) is 12.4. The van der Waals surface area contributed by atoms with Crippen LogP contribution in [0.15, 0.2) is 0 Å². The highest BCUT2D eigenvalue weighted by molar-refractivity contribution is 5.82. The number of nitrogens with two attached hydrogens (primary N) is 1. The summed E-state index contributed by atoms with van der Waals surface area (Å²) >= 11 is 0. The van der Waals surface area contributed by atoms with Crippen LogP contribution in [0.1, 0.15) is 51.9 Å². The summed E-state index contributed by atoms with van der Waals surface area (Å²) in [6, 6.07) is 0. The summed E-state index contributed by atoms with van der Waals surface area (Å²) in [5.41, 5.74) is 5.73. The fraction of sp³-hybridized carbons (Fsp3) is 0.933. The Kier molecular flexibility index (Phi) is 4.85. The van der Waals surface area contributed by atoms with Crippen molar-refractivity contribution >= 4 is 5.91 Å². The number of likely N-dealkylation sites (N-methyl/N-ethyl adjacent to an activating group) is 1. The lowest BCUT2D eigenvalue weighted by molar-refractivity contribution is -0.153. The molecule has 1 unspecified atom stereocenters. The topological polar surface area (TPSA) is 55.6 Å². The van der Waals surface area contributed by atoms with Crippen molar-refractivity contribution in [3.05, 3.63) is 0 Å². The zero-order valence-electron chi connectivity index (χ0n) is 12.4. The van der Waals surface area contributed by atoms with Gasteiger partial charge in [0, 0.05) is 26.6 Å². The molecule has 2 N–H and O–H groups in total. The highest BCUT2D eigenvalue weighted by Crippen LogP contribution is 2.38. The quantitative estimate of drug-likeness (QED) is 0.829. The van der Waals surface area contributed by atoms with E-state index in [0.717, 1.165) is 31.7 Å². The van der Waals surface area contributed by atoms with Crippen molar-refractivity contribution in [3.8, 4) is 0 Å². The van der Waals surface area contributed by atoms with E-state index in [9.17, 15) is 4.79 Å². The maximum atomic E-state index is 12.0. The molecule has 1 heterocycles. The minimum Gasteiger partial charge on any atom is -0.361 e. The number of rotatable bonds is 5. The smallest absolute Gasteiger partial charge is 0.251 e. The third-order valence-corrected chi connectivity index (χ3v) is 4.86. The molecular weight excluding hydrogens is 240 g/mol. The first-order chi connectivity index (χ1) is 9.10. The van der Waals surface area contributed by atoms with Gasteiger partial charge < -0.3 is 15.4 Å². The Morgan fingerprint density at radius 3 is 2.53 bits per heavy atom. The van der Waals surface area contributed by atoms with E-state index in [1.807, 2.05) is 7.05 Å². The van der Waals surface area contributed by atoms with Crippen LogP contribution in [0.3, 0.4) is 0 Å². The van der Waals surface area contributed by atoms with Crippen LogP contribution in [0.5, 0.6) is 0 Å². The number of likely N-dealkylation sites (tertiary alicyclic amines) is 1. The van der Waals surface area contributed by atoms with Crippen molar-refractivity contribution in [2.24, 2.45) is 11.7 Å². The van der Waals surface area contributed by atoms with Gasteiger partial charge in [-0.1, -0.05) is 19.8 Å². The second kappa shape index (κ2) is 6.23. The van der Waals surface area contributed by atoms with Gasteiger partial charge in [0.05, 0.1) is 5.60 Å². The first-order valence-corrected chi connectivity index (χ1v) is 7.73. The van der Waals surface area contributed by atoms with E-state index in [1.165, 1.54) is 25.7 Å². The third-order valence-electron chi connectivity index (χ3n) is 4.86. The van der Waals surface area contributed by atoms with Crippen molar-refractivity contribution in [2.45, 2.75) is 63.6 Å². The fourth-order valence-electron chi connectivity index (χ4n) is 3.47. The molecule has 2 rings (SSSR count). The molecule has 4 nitrogen and oxygen atoms in total. The van der Waals surface area contributed by atoms with Gasteiger partial charge in [-0.05, 0) is 31.6 Å². The fourth-order valence-corrected chi connectivity index (χ4v) is 3.47. The predicted octanol–water partition coefficient (Wildman–Crippen LogP) is 1.92. The van der Waals surface area contributed by atoms with E-state index in [-0.39, 0.29) is 17.6 Å². The number of nitrogens with zero attached hydrogens (tertiary/aromatic N) is 1. The van der Waals surface area contributed by atoms with E-state index in [0.29, 0.717) is 6.54 Å². The molecule has 0 spiro atoms. The summed E-state index contributed by atoms with van der Waals surface area (Å²) in [4.78, 5) is 13.7. The van der Waals surface area contributed by atoms with Crippen molar-refractivity contribution < 1.29 is 9.53 Å². The minimum absolute atomic E-state index is 0.128. The van der Waals surface area contributed by atoms with Crippen molar-refractivity contribution in [1.82, 2.24) is 4.90 Å². The van der Waals surface area contributed by atoms with Gasteiger partial charge in [0.15, 0.2) is 0 Å². The molecule has 2 aliphatic rings. The van der Waals surface area contributed by atoms with Crippen LogP contribution in [0, 0.1) is 5.92 Å². The summed E-state index contributed by atoms with van der Waals surface area (Å²) in [7, 11) is 1.85. The number of carbonyl (C=O) groups excluding carboxylic acids is 1. The van der Waals surface area contributed by atoms with Gasteiger partial charge in [-0.25, -0.2) is 0 Å². The van der Waals surface area contributed by atoms with E-state index in [1.54, 1.807) is 4.90 Å². The summed E-state index contributed by atoms with van der Waals surface area (Å²) in [6.07, 6.45) is 7.55. The highest BCUT2D eigenvalue weighted by atomic mass is 16.5. The number of hydrogen-bond donors (Lipinski definition) is 1. The Morgan fingerprint density at radius 1 is 1.37 bits per heavy atom. The number of carbonyl (C=O) groups is 1. The Bertz CT molecular complexity index is 311. The van der Waals surface area contributed by atoms with Gasteiger partial charge in [-0.3, -0.25) is 4.79 Å². The Labute approximate surface area is 116 Å². The van der Waals surface area contributed by atoms with Crippen molar-refractivity contribution in [1.29, 1.82) is 0 Å². The minimum atomic E-state index is -0.253. The van der Waals surface area contributed by atoms with Crippen LogP contribution >= 0.6 is 0 Å². The number of hydrogen-bond acceptors (Lipinski definition) is 3. The van der Waals surface area contributed by atoms with Crippen LogP contribution in [-0.4, -0.2) is 42.6 Å². The summed E-state index contributed by atoms with van der Waals surface area (Å²) in [5.74, 6) is 0.957. The van der Waals surface area contributed by atoms with Crippen molar-refractivity contribution in [3.63, 3.8) is 0 Å². The maximum Gasteiger partial charge on any atom is 0.251 e. The molecule has 1 aliphatic carbocycles.